The van der Waals surface area contributed by atoms with Crippen LogP contribution in [0.1, 0.15) is 135 Å². The number of hydroxylamine groups is 4. The number of nitrogens with one attached hydrogen (secondary N) is 2. The van der Waals surface area contributed by atoms with Crippen LogP contribution >= 0.6 is 0 Å². The Balaban J connectivity index is 1.57. The van der Waals surface area contributed by atoms with Crippen molar-refractivity contribution in [2.75, 3.05) is 19.7 Å². The molecule has 2 aliphatic heterocycles. The first-order valence-corrected chi connectivity index (χ1v) is 19.8. The molecule has 0 spiro atoms. The van der Waals surface area contributed by atoms with Gasteiger partial charge in [0.15, 0.2) is 17.0 Å². The summed E-state index contributed by atoms with van der Waals surface area (Å²) in [5, 5.41) is 46.9. The molecule has 0 bridgehead atoms. The van der Waals surface area contributed by atoms with Gasteiger partial charge in [0.1, 0.15) is 24.8 Å². The number of carbonyl (C=O) groups is 5. The number of amides is 4. The topological polar surface area (TPSA) is 228 Å². The van der Waals surface area contributed by atoms with Crippen molar-refractivity contribution in [2.24, 2.45) is 4.99 Å². The van der Waals surface area contributed by atoms with Gasteiger partial charge in [0.2, 0.25) is 17.7 Å². The maximum atomic E-state index is 13.6. The quantitative estimate of drug-likeness (QED) is 0.0295. The van der Waals surface area contributed by atoms with Crippen LogP contribution in [0.4, 0.5) is 0 Å². The van der Waals surface area contributed by atoms with Gasteiger partial charge in [0.25, 0.3) is 11.8 Å². The number of aromatic hydroxyl groups is 2. The first-order valence-electron chi connectivity index (χ1n) is 19.8. The third-order valence-electron chi connectivity index (χ3n) is 9.85. The Labute approximate surface area is 323 Å². The van der Waals surface area contributed by atoms with Gasteiger partial charge < -0.3 is 30.3 Å². The minimum Gasteiger partial charge on any atom is -0.504 e. The summed E-state index contributed by atoms with van der Waals surface area (Å²) in [6.45, 7) is 5.14. The van der Waals surface area contributed by atoms with Gasteiger partial charge in [-0.1, -0.05) is 64.4 Å². The average molecular weight is 776 g/mol. The lowest BCUT2D eigenvalue weighted by molar-refractivity contribution is -0.167. The second-order valence-electron chi connectivity index (χ2n) is 14.8. The van der Waals surface area contributed by atoms with Crippen LogP contribution in [-0.2, 0) is 33.4 Å². The number of phenols is 2. The molecule has 16 nitrogen and oxygen atoms in total. The number of benzene rings is 1. The van der Waals surface area contributed by atoms with Crippen molar-refractivity contribution in [1.82, 2.24) is 20.8 Å². The fourth-order valence-corrected chi connectivity index (χ4v) is 6.46. The van der Waals surface area contributed by atoms with E-state index < -0.39 is 58.9 Å². The van der Waals surface area contributed by atoms with Gasteiger partial charge in [-0.05, 0) is 70.9 Å². The number of rotatable bonds is 23. The van der Waals surface area contributed by atoms with Crippen molar-refractivity contribution in [3.05, 3.63) is 23.8 Å². The van der Waals surface area contributed by atoms with E-state index in [1.807, 2.05) is 0 Å². The van der Waals surface area contributed by atoms with Crippen molar-refractivity contribution in [3.63, 3.8) is 0 Å². The Kier molecular flexibility index (Phi) is 18.7. The summed E-state index contributed by atoms with van der Waals surface area (Å²) in [7, 11) is 0. The summed E-state index contributed by atoms with van der Waals surface area (Å²) in [5.74, 6) is -4.00. The number of esters is 1. The number of ether oxygens (including phenoxy) is 2. The van der Waals surface area contributed by atoms with E-state index in [0.717, 1.165) is 19.3 Å². The lowest BCUT2D eigenvalue weighted by Crippen LogP contribution is -2.52. The normalized spacial score (nSPS) is 19.4. The average Bonchev–Trinajstić information content (AvgIpc) is 3.49. The molecule has 16 heteroatoms. The minimum atomic E-state index is -1.52. The predicted octanol–water partition coefficient (Wildman–Crippen LogP) is 4.64. The van der Waals surface area contributed by atoms with Gasteiger partial charge in [0.05, 0.1) is 12.0 Å². The van der Waals surface area contributed by atoms with Crippen LogP contribution in [0.5, 0.6) is 11.5 Å². The van der Waals surface area contributed by atoms with E-state index in [2.05, 4.69) is 22.5 Å². The van der Waals surface area contributed by atoms with Crippen LogP contribution in [0.2, 0.25) is 0 Å². The molecule has 0 aromatic heterocycles. The van der Waals surface area contributed by atoms with Crippen LogP contribution in [0, 0.1) is 0 Å². The first kappa shape index (κ1) is 45.0. The number of nitrogens with zero attached hydrogens (tertiary/aromatic N) is 3. The van der Waals surface area contributed by atoms with E-state index in [-0.39, 0.29) is 56.3 Å². The van der Waals surface area contributed by atoms with Gasteiger partial charge in [-0.3, -0.25) is 29.6 Å². The van der Waals surface area contributed by atoms with Crippen molar-refractivity contribution >= 4 is 35.5 Å². The first-order chi connectivity index (χ1) is 26.2. The van der Waals surface area contributed by atoms with Gasteiger partial charge in [-0.15, -0.1) is 0 Å². The molecule has 308 valence electrons. The number of hydrogen-bond donors (Lipinski definition) is 6. The zero-order valence-electron chi connectivity index (χ0n) is 32.6. The Morgan fingerprint density at radius 1 is 1.04 bits per heavy atom. The highest BCUT2D eigenvalue weighted by Crippen LogP contribution is 2.32. The fraction of sp³-hybridized carbons (Fsp3) is 0.692. The molecule has 2 aliphatic rings. The molecular formula is C39H61N5O11. The molecule has 6 N–H and O–H groups in total. The Morgan fingerprint density at radius 3 is 2.44 bits per heavy atom. The monoisotopic (exact) mass is 775 g/mol. The lowest BCUT2D eigenvalue weighted by Gasteiger charge is -2.25. The van der Waals surface area contributed by atoms with Gasteiger partial charge in [0, 0.05) is 19.5 Å². The molecule has 0 saturated carbocycles. The molecule has 55 heavy (non-hydrogen) atoms. The van der Waals surface area contributed by atoms with Gasteiger partial charge >= 0.3 is 5.97 Å². The van der Waals surface area contributed by atoms with Crippen molar-refractivity contribution in [3.8, 4) is 11.5 Å². The smallest absolute Gasteiger partial charge is 0.328 e. The number of hydrogen-bond acceptors (Lipinski definition) is 12. The Bertz CT molecular complexity index is 1470. The molecule has 4 atom stereocenters. The molecule has 1 fully saturated rings. The lowest BCUT2D eigenvalue weighted by atomic mass is 10.0. The third kappa shape index (κ3) is 14.6. The van der Waals surface area contributed by atoms with Crippen LogP contribution in [0.25, 0.3) is 0 Å². The SMILES string of the molecule is CCCCCCCCCCCC(=O)N(O)CCCC[C@@H](NC(=O)[C@@]1(C)COC(c2cccc(O)c2O)=N1)C(=O)O[C@H](C)CC(=O)N[C@@H]1CCCCN(O)C1=O. The van der Waals surface area contributed by atoms with Crippen molar-refractivity contribution < 1.29 is 54.1 Å². The summed E-state index contributed by atoms with van der Waals surface area (Å²) in [6, 6.07) is 2.11. The van der Waals surface area contributed by atoms with Gasteiger partial charge in [-0.2, -0.15) is 0 Å². The van der Waals surface area contributed by atoms with E-state index in [4.69, 9.17) is 9.47 Å². The van der Waals surface area contributed by atoms with E-state index in [1.165, 1.54) is 64.2 Å². The minimum absolute atomic E-state index is 0.0281. The summed E-state index contributed by atoms with van der Waals surface area (Å²) < 4.78 is 11.2. The van der Waals surface area contributed by atoms with Crippen molar-refractivity contribution in [2.45, 2.75) is 154 Å². The summed E-state index contributed by atoms with van der Waals surface area (Å²) in [6.07, 6.45) is 11.2. The number of phenolic OH excluding ortho intramolecular Hbond substituents is 2. The van der Waals surface area contributed by atoms with Crippen molar-refractivity contribution in [1.29, 1.82) is 0 Å². The zero-order valence-corrected chi connectivity index (χ0v) is 32.6. The molecule has 2 heterocycles. The molecule has 0 unspecified atom stereocenters. The zero-order chi connectivity index (χ0) is 40.4. The highest BCUT2D eigenvalue weighted by molar-refractivity contribution is 6.02. The Hall–Kier alpha value is -4.44. The Morgan fingerprint density at radius 2 is 1.73 bits per heavy atom. The van der Waals surface area contributed by atoms with Gasteiger partial charge in [-0.25, -0.2) is 19.9 Å². The summed E-state index contributed by atoms with van der Waals surface area (Å²) >= 11 is 0. The number of para-hydroxylation sites is 1. The van der Waals surface area contributed by atoms with E-state index in [1.54, 1.807) is 0 Å². The second-order valence-corrected chi connectivity index (χ2v) is 14.8. The predicted molar refractivity (Wildman–Crippen MR) is 201 cm³/mol. The van der Waals surface area contributed by atoms with Crippen LogP contribution < -0.4 is 10.6 Å². The third-order valence-corrected chi connectivity index (χ3v) is 9.85. The molecule has 4 amide bonds. The summed E-state index contributed by atoms with van der Waals surface area (Å²) in [5.41, 5.74) is -1.44. The fourth-order valence-electron chi connectivity index (χ4n) is 6.46. The van der Waals surface area contributed by atoms with Crippen LogP contribution in [0.15, 0.2) is 23.2 Å². The number of carbonyl (C=O) groups excluding carboxylic acids is 5. The molecule has 1 saturated heterocycles. The maximum Gasteiger partial charge on any atom is 0.328 e. The number of unbranched alkanes of at least 4 members (excludes halogenated alkanes) is 9. The largest absolute Gasteiger partial charge is 0.504 e. The molecular weight excluding hydrogens is 714 g/mol. The molecule has 0 aliphatic carbocycles. The van der Waals surface area contributed by atoms with Crippen LogP contribution in [0.3, 0.4) is 0 Å². The summed E-state index contributed by atoms with van der Waals surface area (Å²) in [4.78, 5) is 69.1. The van der Waals surface area contributed by atoms with E-state index >= 15 is 0 Å². The molecule has 1 aromatic carbocycles. The number of aliphatic imine (C=N–C) groups is 1. The molecule has 3 rings (SSSR count). The van der Waals surface area contributed by atoms with E-state index in [9.17, 15) is 44.6 Å². The van der Waals surface area contributed by atoms with E-state index in [0.29, 0.717) is 48.7 Å². The molecule has 0 radical (unpaired) electrons. The highest BCUT2D eigenvalue weighted by atomic mass is 16.5. The standard InChI is InChI=1S/C39H61N5O11/c1-4-5-6-7-8-9-10-11-12-22-33(47)43(52)23-15-14-20-30(37(50)55-27(2)25-32(46)40-29-19-13-16-24-44(53)36(29)49)41-38(51)39(3)26-54-35(42-39)28-18-17-21-31(45)34(28)48/h17-18,21,27,29-30,45,48,52-53H,4-16,19-20,22-26H2,1-3H3,(H,40,46)(H,41,51)/t27-,29-,30-,39-/m1/s1. The second kappa shape index (κ2) is 22.8. The maximum absolute atomic E-state index is 13.6. The molecule has 1 aromatic rings. The van der Waals surface area contributed by atoms with Crippen LogP contribution in [-0.4, -0.2) is 110 Å². The highest BCUT2D eigenvalue weighted by Gasteiger charge is 2.42.